The predicted octanol–water partition coefficient (Wildman–Crippen LogP) is -4.53. The second kappa shape index (κ2) is 8.43. The molecule has 3 N–H and O–H groups in total. The first kappa shape index (κ1) is 15.3. The van der Waals surface area contributed by atoms with Gasteiger partial charge < -0.3 is 15.6 Å². The first-order valence-corrected chi connectivity index (χ1v) is 4.98. The van der Waals surface area contributed by atoms with Crippen molar-refractivity contribution in [2.24, 2.45) is 5.73 Å². The molecular formula is C5H13N2NaO3S. The summed E-state index contributed by atoms with van der Waals surface area (Å²) in [7, 11) is -4.06. The molecule has 5 nitrogen and oxygen atoms in total. The monoisotopic (exact) mass is 204 g/mol. The summed E-state index contributed by atoms with van der Waals surface area (Å²) < 4.78 is 30.1. The van der Waals surface area contributed by atoms with Crippen LogP contribution in [0, 0.1) is 0 Å². The summed E-state index contributed by atoms with van der Waals surface area (Å²) in [4.78, 5) is 0. The van der Waals surface area contributed by atoms with Gasteiger partial charge in [-0.1, -0.05) is 0 Å². The second-order valence-electron chi connectivity index (χ2n) is 2.15. The molecule has 12 heavy (non-hydrogen) atoms. The van der Waals surface area contributed by atoms with E-state index in [-0.39, 0.29) is 41.9 Å². The van der Waals surface area contributed by atoms with Crippen molar-refractivity contribution in [2.75, 3.05) is 25.4 Å². The third kappa shape index (κ3) is 13.4. The normalized spacial score (nSPS) is 10.8. The zero-order valence-corrected chi connectivity index (χ0v) is 10.1. The van der Waals surface area contributed by atoms with E-state index in [1.54, 1.807) is 0 Å². The third-order valence-corrected chi connectivity index (χ3v) is 1.79. The van der Waals surface area contributed by atoms with Crippen molar-refractivity contribution in [3.8, 4) is 0 Å². The number of hydrogen-bond acceptors (Lipinski definition) is 5. The Balaban J connectivity index is 0. The Hall–Kier alpha value is 0.830. The maximum atomic E-state index is 10.0. The van der Waals surface area contributed by atoms with Crippen molar-refractivity contribution in [3.63, 3.8) is 0 Å². The van der Waals surface area contributed by atoms with Gasteiger partial charge in [0.1, 0.15) is 0 Å². The van der Waals surface area contributed by atoms with Crippen LogP contribution in [0.15, 0.2) is 0 Å². The van der Waals surface area contributed by atoms with Gasteiger partial charge in [0, 0.05) is 6.54 Å². The Labute approximate surface area is 95.1 Å². The molecule has 0 heterocycles. The SMILES string of the molecule is NCCCNCCS(=O)(=O)[O-].[Na+]. The molecule has 68 valence electrons. The first-order valence-electron chi connectivity index (χ1n) is 3.40. The van der Waals surface area contributed by atoms with Crippen molar-refractivity contribution in [3.05, 3.63) is 0 Å². The maximum Gasteiger partial charge on any atom is 1.00 e. The largest absolute Gasteiger partial charge is 1.00 e. The molecule has 0 bridgehead atoms. The predicted molar refractivity (Wildman–Crippen MR) is 41.1 cm³/mol. The summed E-state index contributed by atoms with van der Waals surface area (Å²) in [6.07, 6.45) is 0.791. The zero-order chi connectivity index (χ0) is 8.74. The van der Waals surface area contributed by atoms with Crippen LogP contribution in [0.1, 0.15) is 6.42 Å². The quantitative estimate of drug-likeness (QED) is 0.258. The van der Waals surface area contributed by atoms with E-state index in [0.29, 0.717) is 13.1 Å². The van der Waals surface area contributed by atoms with Crippen LogP contribution >= 0.6 is 0 Å². The fourth-order valence-electron chi connectivity index (χ4n) is 0.549. The minimum absolute atomic E-state index is 0. The molecule has 0 aliphatic heterocycles. The average Bonchev–Trinajstić information content (AvgIpc) is 1.85. The van der Waals surface area contributed by atoms with Crippen molar-refractivity contribution in [1.82, 2.24) is 5.32 Å². The molecule has 0 unspecified atom stereocenters. The molecule has 0 saturated carbocycles. The Kier molecular flexibility index (Phi) is 10.8. The Morgan fingerprint density at radius 1 is 1.33 bits per heavy atom. The molecule has 0 amide bonds. The first-order chi connectivity index (χ1) is 5.06. The molecule has 0 aromatic heterocycles. The molecule has 0 aromatic carbocycles. The van der Waals surface area contributed by atoms with E-state index >= 15 is 0 Å². The van der Waals surface area contributed by atoms with Gasteiger partial charge in [0.25, 0.3) is 0 Å². The third-order valence-electron chi connectivity index (χ3n) is 1.09. The van der Waals surface area contributed by atoms with E-state index in [1.807, 2.05) is 0 Å². The van der Waals surface area contributed by atoms with Gasteiger partial charge in [0.15, 0.2) is 0 Å². The van der Waals surface area contributed by atoms with Gasteiger partial charge in [-0.2, -0.15) is 0 Å². The van der Waals surface area contributed by atoms with Crippen molar-refractivity contribution in [1.29, 1.82) is 0 Å². The summed E-state index contributed by atoms with van der Waals surface area (Å²) >= 11 is 0. The van der Waals surface area contributed by atoms with Gasteiger partial charge in [-0.25, -0.2) is 8.42 Å². The van der Waals surface area contributed by atoms with Crippen LogP contribution in [0.4, 0.5) is 0 Å². The fraction of sp³-hybridized carbons (Fsp3) is 1.00. The topological polar surface area (TPSA) is 95.2 Å². The van der Waals surface area contributed by atoms with Gasteiger partial charge in [-0.15, -0.1) is 0 Å². The molecular weight excluding hydrogens is 191 g/mol. The summed E-state index contributed by atoms with van der Waals surface area (Å²) in [5, 5.41) is 2.78. The molecule has 0 spiro atoms. The smallest absolute Gasteiger partial charge is 0.748 e. The number of nitrogens with two attached hydrogens (primary N) is 1. The van der Waals surface area contributed by atoms with Gasteiger partial charge >= 0.3 is 29.6 Å². The molecule has 0 atom stereocenters. The summed E-state index contributed by atoms with van der Waals surface area (Å²) in [5.41, 5.74) is 5.18. The van der Waals surface area contributed by atoms with Gasteiger partial charge in [0.2, 0.25) is 0 Å². The van der Waals surface area contributed by atoms with E-state index in [1.165, 1.54) is 0 Å². The number of hydrogen-bond donors (Lipinski definition) is 2. The summed E-state index contributed by atoms with van der Waals surface area (Å²) in [6.45, 7) is 1.44. The van der Waals surface area contributed by atoms with Gasteiger partial charge in [-0.05, 0) is 19.5 Å². The van der Waals surface area contributed by atoms with Gasteiger partial charge in [0.05, 0.1) is 15.9 Å². The number of rotatable bonds is 6. The minimum atomic E-state index is -4.06. The van der Waals surface area contributed by atoms with Crippen LogP contribution in [0.5, 0.6) is 0 Å². The zero-order valence-electron chi connectivity index (χ0n) is 7.25. The Bertz CT molecular complexity index is 183. The molecule has 0 fully saturated rings. The Morgan fingerprint density at radius 2 is 1.92 bits per heavy atom. The van der Waals surface area contributed by atoms with E-state index in [2.05, 4.69) is 5.32 Å². The maximum absolute atomic E-state index is 10.0. The van der Waals surface area contributed by atoms with Gasteiger partial charge in [-0.3, -0.25) is 0 Å². The molecule has 0 aliphatic rings. The van der Waals surface area contributed by atoms with Crippen LogP contribution in [-0.4, -0.2) is 38.4 Å². The standard InChI is InChI=1S/C5H14N2O3S.Na/c6-2-1-3-7-4-5-11(8,9)10;/h7H,1-6H2,(H,8,9,10);/q;+1/p-1. The average molecular weight is 204 g/mol. The molecule has 0 radical (unpaired) electrons. The van der Waals surface area contributed by atoms with Crippen LogP contribution in [0.2, 0.25) is 0 Å². The van der Waals surface area contributed by atoms with Crippen molar-refractivity contribution < 1.29 is 42.5 Å². The van der Waals surface area contributed by atoms with Crippen LogP contribution < -0.4 is 40.6 Å². The molecule has 0 aliphatic carbocycles. The van der Waals surface area contributed by atoms with E-state index in [9.17, 15) is 13.0 Å². The molecule has 0 aromatic rings. The second-order valence-corrected chi connectivity index (χ2v) is 3.68. The van der Waals surface area contributed by atoms with Crippen LogP contribution in [0.25, 0.3) is 0 Å². The van der Waals surface area contributed by atoms with E-state index < -0.39 is 10.1 Å². The van der Waals surface area contributed by atoms with E-state index in [0.717, 1.165) is 6.42 Å². The van der Waals surface area contributed by atoms with Crippen molar-refractivity contribution >= 4 is 10.1 Å². The molecule has 0 rings (SSSR count). The number of nitrogens with one attached hydrogen (secondary N) is 1. The summed E-state index contributed by atoms with van der Waals surface area (Å²) in [6, 6.07) is 0. The summed E-state index contributed by atoms with van der Waals surface area (Å²) in [5.74, 6) is -0.350. The van der Waals surface area contributed by atoms with Crippen LogP contribution in [0.3, 0.4) is 0 Å². The van der Waals surface area contributed by atoms with Crippen LogP contribution in [-0.2, 0) is 10.1 Å². The fourth-order valence-corrected chi connectivity index (χ4v) is 0.944. The molecule has 0 saturated heterocycles. The minimum Gasteiger partial charge on any atom is -0.748 e. The Morgan fingerprint density at radius 3 is 2.33 bits per heavy atom. The van der Waals surface area contributed by atoms with E-state index in [4.69, 9.17) is 5.73 Å². The molecule has 7 heteroatoms. The van der Waals surface area contributed by atoms with Crippen molar-refractivity contribution in [2.45, 2.75) is 6.42 Å².